The molecular weight excluding hydrogens is 260 g/mol. The molecule has 0 aromatic heterocycles. The normalized spacial score (nSPS) is 16.9. The highest BCUT2D eigenvalue weighted by Gasteiger charge is 2.36. The Bertz CT molecular complexity index is 554. The molecule has 0 saturated heterocycles. The van der Waals surface area contributed by atoms with E-state index in [1.807, 2.05) is 0 Å². The van der Waals surface area contributed by atoms with Crippen molar-refractivity contribution in [3.05, 3.63) is 39.9 Å². The summed E-state index contributed by atoms with van der Waals surface area (Å²) in [5, 5.41) is 19.8. The molecule has 0 radical (unpaired) electrons. The molecule has 1 aromatic carbocycles. The average Bonchev–Trinajstić information content (AvgIpc) is 2.48. The van der Waals surface area contributed by atoms with Gasteiger partial charge in [-0.1, -0.05) is 6.42 Å². The maximum Gasteiger partial charge on any atom is 0.339 e. The Kier molecular flexibility index (Phi) is 3.99. The first kappa shape index (κ1) is 14.0. The first-order chi connectivity index (χ1) is 9.56. The van der Waals surface area contributed by atoms with Crippen LogP contribution in [0.5, 0.6) is 0 Å². The second-order valence-corrected chi connectivity index (χ2v) is 4.86. The Balaban J connectivity index is 2.11. The van der Waals surface area contributed by atoms with Crippen molar-refractivity contribution < 1.29 is 14.5 Å². The van der Waals surface area contributed by atoms with E-state index in [4.69, 9.17) is 4.74 Å². The maximum atomic E-state index is 12.0. The van der Waals surface area contributed by atoms with Crippen molar-refractivity contribution >= 4 is 11.7 Å². The molecule has 0 amide bonds. The Hall–Kier alpha value is -2.42. The van der Waals surface area contributed by atoms with Crippen molar-refractivity contribution in [2.24, 2.45) is 0 Å². The molecule has 0 bridgehead atoms. The number of carbonyl (C=O) groups is 1. The summed E-state index contributed by atoms with van der Waals surface area (Å²) >= 11 is 0. The minimum Gasteiger partial charge on any atom is -0.440 e. The third-order valence-electron chi connectivity index (χ3n) is 3.47. The van der Waals surface area contributed by atoms with Crippen molar-refractivity contribution in [1.29, 1.82) is 5.26 Å². The van der Waals surface area contributed by atoms with Gasteiger partial charge in [0.2, 0.25) is 0 Å². The molecule has 0 heterocycles. The number of ether oxygens (including phenoxy) is 1. The summed E-state index contributed by atoms with van der Waals surface area (Å²) in [5.74, 6) is -0.608. The van der Waals surface area contributed by atoms with E-state index in [-0.39, 0.29) is 11.3 Å². The zero-order chi connectivity index (χ0) is 14.6. The van der Waals surface area contributed by atoms with Crippen molar-refractivity contribution in [3.8, 4) is 6.07 Å². The first-order valence-corrected chi connectivity index (χ1v) is 6.45. The van der Waals surface area contributed by atoms with Gasteiger partial charge in [0, 0.05) is 25.0 Å². The zero-order valence-corrected chi connectivity index (χ0v) is 10.9. The van der Waals surface area contributed by atoms with Gasteiger partial charge in [0.15, 0.2) is 5.60 Å². The summed E-state index contributed by atoms with van der Waals surface area (Å²) in [6.45, 7) is 0. The molecule has 1 saturated carbocycles. The van der Waals surface area contributed by atoms with Gasteiger partial charge in [0.05, 0.1) is 10.5 Å². The van der Waals surface area contributed by atoms with Gasteiger partial charge in [-0.2, -0.15) is 5.26 Å². The Morgan fingerprint density at radius 2 is 1.85 bits per heavy atom. The highest BCUT2D eigenvalue weighted by atomic mass is 16.6. The smallest absolute Gasteiger partial charge is 0.339 e. The number of nitro benzene ring substituents is 1. The third-order valence-corrected chi connectivity index (χ3v) is 3.47. The number of hydrogen-bond donors (Lipinski definition) is 0. The van der Waals surface area contributed by atoms with Crippen molar-refractivity contribution in [1.82, 2.24) is 0 Å². The maximum absolute atomic E-state index is 12.0. The van der Waals surface area contributed by atoms with Crippen LogP contribution in [0.25, 0.3) is 0 Å². The van der Waals surface area contributed by atoms with Crippen LogP contribution in [-0.2, 0) is 4.74 Å². The van der Waals surface area contributed by atoms with Crippen molar-refractivity contribution in [3.63, 3.8) is 0 Å². The Morgan fingerprint density at radius 1 is 1.25 bits per heavy atom. The predicted octanol–water partition coefficient (Wildman–Crippen LogP) is 2.98. The van der Waals surface area contributed by atoms with Crippen molar-refractivity contribution in [2.75, 3.05) is 0 Å². The number of carbonyl (C=O) groups excluding carboxylic acids is 1. The van der Waals surface area contributed by atoms with Gasteiger partial charge in [-0.15, -0.1) is 0 Å². The highest BCUT2D eigenvalue weighted by Crippen LogP contribution is 2.32. The molecule has 6 heteroatoms. The van der Waals surface area contributed by atoms with Gasteiger partial charge >= 0.3 is 5.97 Å². The molecule has 0 spiro atoms. The summed E-state index contributed by atoms with van der Waals surface area (Å²) in [6.07, 6.45) is 3.85. The topological polar surface area (TPSA) is 93.2 Å². The molecule has 1 fully saturated rings. The van der Waals surface area contributed by atoms with Gasteiger partial charge in [-0.3, -0.25) is 10.1 Å². The number of benzene rings is 1. The molecule has 2 rings (SSSR count). The lowest BCUT2D eigenvalue weighted by atomic mass is 9.86. The highest BCUT2D eigenvalue weighted by molar-refractivity contribution is 5.90. The van der Waals surface area contributed by atoms with E-state index in [0.717, 1.165) is 19.3 Å². The average molecular weight is 274 g/mol. The van der Waals surface area contributed by atoms with Gasteiger partial charge in [0.25, 0.3) is 5.69 Å². The van der Waals surface area contributed by atoms with Crippen LogP contribution in [0, 0.1) is 21.4 Å². The number of nitro groups is 1. The van der Waals surface area contributed by atoms with E-state index in [1.165, 1.54) is 24.3 Å². The van der Waals surface area contributed by atoms with E-state index in [2.05, 4.69) is 6.07 Å². The van der Waals surface area contributed by atoms with Crippen LogP contribution < -0.4 is 0 Å². The molecule has 20 heavy (non-hydrogen) atoms. The van der Waals surface area contributed by atoms with E-state index in [9.17, 15) is 20.2 Å². The summed E-state index contributed by atoms with van der Waals surface area (Å²) in [4.78, 5) is 22.0. The van der Waals surface area contributed by atoms with Gasteiger partial charge in [-0.05, 0) is 25.0 Å². The largest absolute Gasteiger partial charge is 0.440 e. The molecular formula is C14H14N2O4. The van der Waals surface area contributed by atoms with Crippen LogP contribution >= 0.6 is 0 Å². The van der Waals surface area contributed by atoms with E-state index < -0.39 is 16.5 Å². The molecule has 1 aliphatic carbocycles. The second kappa shape index (κ2) is 5.70. The third kappa shape index (κ3) is 2.94. The van der Waals surface area contributed by atoms with Gasteiger partial charge in [0.1, 0.15) is 6.07 Å². The number of nitriles is 1. The van der Waals surface area contributed by atoms with Crippen LogP contribution in [0.4, 0.5) is 5.69 Å². The van der Waals surface area contributed by atoms with E-state index in [1.54, 1.807) is 0 Å². The van der Waals surface area contributed by atoms with Crippen LogP contribution in [0.15, 0.2) is 24.3 Å². The molecule has 0 N–H and O–H groups in total. The number of non-ortho nitro benzene ring substituents is 1. The minimum absolute atomic E-state index is 0.0887. The van der Waals surface area contributed by atoms with Gasteiger partial charge in [-0.25, -0.2) is 4.79 Å². The Labute approximate surface area is 116 Å². The number of rotatable bonds is 3. The molecule has 0 unspecified atom stereocenters. The van der Waals surface area contributed by atoms with E-state index in [0.29, 0.717) is 12.8 Å². The second-order valence-electron chi connectivity index (χ2n) is 4.86. The minimum atomic E-state index is -1.04. The molecule has 1 aliphatic rings. The SMILES string of the molecule is N#CC1(OC(=O)c2ccc([N+](=O)[O-])cc2)CCCCC1. The first-order valence-electron chi connectivity index (χ1n) is 6.45. The van der Waals surface area contributed by atoms with Crippen LogP contribution in [0.3, 0.4) is 0 Å². The fourth-order valence-electron chi connectivity index (χ4n) is 2.32. The summed E-state index contributed by atoms with van der Waals surface area (Å²) < 4.78 is 5.34. The monoisotopic (exact) mass is 274 g/mol. The Morgan fingerprint density at radius 3 is 2.35 bits per heavy atom. The molecule has 0 atom stereocenters. The van der Waals surface area contributed by atoms with Crippen LogP contribution in [0.1, 0.15) is 42.5 Å². The van der Waals surface area contributed by atoms with E-state index >= 15 is 0 Å². The number of nitrogens with zero attached hydrogens (tertiary/aromatic N) is 2. The number of esters is 1. The predicted molar refractivity (Wildman–Crippen MR) is 69.9 cm³/mol. The van der Waals surface area contributed by atoms with Crippen molar-refractivity contribution in [2.45, 2.75) is 37.7 Å². The fourth-order valence-corrected chi connectivity index (χ4v) is 2.32. The van der Waals surface area contributed by atoms with Gasteiger partial charge < -0.3 is 4.74 Å². The zero-order valence-electron chi connectivity index (χ0n) is 10.9. The molecule has 0 aliphatic heterocycles. The molecule has 1 aromatic rings. The summed E-state index contributed by atoms with van der Waals surface area (Å²) in [5.41, 5.74) is -0.915. The summed E-state index contributed by atoms with van der Waals surface area (Å²) in [7, 11) is 0. The molecule has 6 nitrogen and oxygen atoms in total. The standard InChI is InChI=1S/C14H14N2O4/c15-10-14(8-2-1-3-9-14)20-13(17)11-4-6-12(7-5-11)16(18)19/h4-7H,1-3,8-9H2. The lowest BCUT2D eigenvalue weighted by Gasteiger charge is -2.30. The molecule has 104 valence electrons. The summed E-state index contributed by atoms with van der Waals surface area (Å²) in [6, 6.07) is 7.27. The quantitative estimate of drug-likeness (QED) is 0.480. The number of hydrogen-bond acceptors (Lipinski definition) is 5. The van der Waals surface area contributed by atoms with Crippen LogP contribution in [0.2, 0.25) is 0 Å². The lowest BCUT2D eigenvalue weighted by molar-refractivity contribution is -0.384. The lowest BCUT2D eigenvalue weighted by Crippen LogP contribution is -2.35. The van der Waals surface area contributed by atoms with Crippen LogP contribution in [-0.4, -0.2) is 16.5 Å². The fraction of sp³-hybridized carbons (Fsp3) is 0.429.